The molecule has 168 valence electrons. The van der Waals surface area contributed by atoms with Gasteiger partial charge in [0.25, 0.3) is 15.9 Å². The Labute approximate surface area is 183 Å². The third-order valence-electron chi connectivity index (χ3n) is 5.99. The molecule has 1 aromatic carbocycles. The summed E-state index contributed by atoms with van der Waals surface area (Å²) in [7, 11) is -1.57. The van der Waals surface area contributed by atoms with Gasteiger partial charge in [-0.1, -0.05) is 24.6 Å². The van der Waals surface area contributed by atoms with E-state index in [4.69, 9.17) is 4.42 Å². The molecule has 0 spiro atoms. The quantitative estimate of drug-likeness (QED) is 0.732. The molecule has 9 heteroatoms. The molecule has 2 aromatic rings. The van der Waals surface area contributed by atoms with Crippen LogP contribution in [0.4, 0.5) is 5.69 Å². The molecule has 4 rings (SSSR count). The zero-order valence-corrected chi connectivity index (χ0v) is 18.7. The Bertz CT molecular complexity index is 1010. The summed E-state index contributed by atoms with van der Waals surface area (Å²) in [6, 6.07) is 10.8. The van der Waals surface area contributed by atoms with Crippen LogP contribution in [0.15, 0.2) is 45.9 Å². The first kappa shape index (κ1) is 21.9. The minimum Gasteiger partial charge on any atom is -0.438 e. The molecule has 1 N–H and O–H groups in total. The van der Waals surface area contributed by atoms with Crippen molar-refractivity contribution in [2.45, 2.75) is 30.9 Å². The van der Waals surface area contributed by atoms with Crippen molar-refractivity contribution in [3.63, 3.8) is 0 Å². The Kier molecular flexibility index (Phi) is 6.64. The van der Waals surface area contributed by atoms with Gasteiger partial charge >= 0.3 is 0 Å². The Hall–Kier alpha value is -2.36. The number of furan rings is 1. The van der Waals surface area contributed by atoms with Gasteiger partial charge in [0.1, 0.15) is 0 Å². The minimum absolute atomic E-state index is 0.00710. The first-order chi connectivity index (χ1) is 14.9. The summed E-state index contributed by atoms with van der Waals surface area (Å²) in [6.45, 7) is 5.22. The SMILES string of the molecule is CN1CCN(c2ccccc2CNC(=O)c2ccc(S(=O)(=O)N3CCCCC3)o2)CC1. The zero-order chi connectivity index (χ0) is 21.8. The highest BCUT2D eigenvalue weighted by molar-refractivity contribution is 7.89. The fourth-order valence-electron chi connectivity index (χ4n) is 4.09. The highest BCUT2D eigenvalue weighted by atomic mass is 32.2. The number of para-hydroxylation sites is 1. The van der Waals surface area contributed by atoms with Crippen LogP contribution in [0.25, 0.3) is 0 Å². The van der Waals surface area contributed by atoms with E-state index < -0.39 is 15.9 Å². The second kappa shape index (κ2) is 9.42. The highest BCUT2D eigenvalue weighted by Crippen LogP contribution is 2.24. The molecule has 2 saturated heterocycles. The van der Waals surface area contributed by atoms with E-state index >= 15 is 0 Å². The first-order valence-electron chi connectivity index (χ1n) is 10.8. The van der Waals surface area contributed by atoms with Gasteiger partial charge in [0, 0.05) is 51.5 Å². The number of hydrogen-bond acceptors (Lipinski definition) is 6. The molecule has 1 amide bonds. The predicted molar refractivity (Wildman–Crippen MR) is 119 cm³/mol. The van der Waals surface area contributed by atoms with Crippen molar-refractivity contribution in [1.82, 2.24) is 14.5 Å². The summed E-state index contributed by atoms with van der Waals surface area (Å²) >= 11 is 0. The predicted octanol–water partition coefficient (Wildman–Crippen LogP) is 2.14. The van der Waals surface area contributed by atoms with Crippen molar-refractivity contribution >= 4 is 21.6 Å². The molecule has 3 heterocycles. The zero-order valence-electron chi connectivity index (χ0n) is 17.9. The number of amides is 1. The number of piperidine rings is 1. The number of anilines is 1. The van der Waals surface area contributed by atoms with E-state index in [-0.39, 0.29) is 10.9 Å². The van der Waals surface area contributed by atoms with Crippen LogP contribution in [0.2, 0.25) is 0 Å². The monoisotopic (exact) mass is 446 g/mol. The summed E-state index contributed by atoms with van der Waals surface area (Å²) in [6.07, 6.45) is 2.73. The van der Waals surface area contributed by atoms with Crippen LogP contribution in [-0.4, -0.2) is 69.8 Å². The van der Waals surface area contributed by atoms with Crippen LogP contribution in [0.3, 0.4) is 0 Å². The standard InChI is InChI=1S/C22H30N4O4S/c1-24-13-15-25(16-14-24)19-8-4-3-7-18(19)17-23-22(27)20-9-10-21(30-20)31(28,29)26-11-5-2-6-12-26/h3-4,7-10H,2,5-6,11-17H2,1H3,(H,23,27). The topological polar surface area (TPSA) is 86.1 Å². The van der Waals surface area contributed by atoms with Gasteiger partial charge in [-0.2, -0.15) is 4.31 Å². The Morgan fingerprint density at radius 1 is 0.968 bits per heavy atom. The maximum Gasteiger partial charge on any atom is 0.287 e. The lowest BCUT2D eigenvalue weighted by Crippen LogP contribution is -2.45. The van der Waals surface area contributed by atoms with Gasteiger partial charge in [-0.25, -0.2) is 8.42 Å². The van der Waals surface area contributed by atoms with Crippen LogP contribution in [0.1, 0.15) is 35.4 Å². The van der Waals surface area contributed by atoms with Crippen molar-refractivity contribution in [3.8, 4) is 0 Å². The van der Waals surface area contributed by atoms with Gasteiger partial charge in [-0.05, 0) is 43.7 Å². The van der Waals surface area contributed by atoms with Gasteiger partial charge in [0.05, 0.1) is 0 Å². The van der Waals surface area contributed by atoms with Crippen LogP contribution >= 0.6 is 0 Å². The van der Waals surface area contributed by atoms with E-state index in [1.165, 1.54) is 16.4 Å². The van der Waals surface area contributed by atoms with E-state index in [9.17, 15) is 13.2 Å². The van der Waals surface area contributed by atoms with Crippen LogP contribution in [0, 0.1) is 0 Å². The number of benzene rings is 1. The maximum atomic E-state index is 12.7. The fraction of sp³-hybridized carbons (Fsp3) is 0.500. The normalized spacial score (nSPS) is 18.8. The molecule has 0 aliphatic carbocycles. The fourth-order valence-corrected chi connectivity index (χ4v) is 5.52. The number of rotatable bonds is 6. The number of likely N-dealkylation sites (N-methyl/N-ethyl adjacent to an activating group) is 1. The van der Waals surface area contributed by atoms with Crippen molar-refractivity contribution in [1.29, 1.82) is 0 Å². The van der Waals surface area contributed by atoms with Crippen LogP contribution < -0.4 is 10.2 Å². The highest BCUT2D eigenvalue weighted by Gasteiger charge is 2.29. The van der Waals surface area contributed by atoms with Crippen LogP contribution in [0.5, 0.6) is 0 Å². The van der Waals surface area contributed by atoms with Gasteiger partial charge in [0.15, 0.2) is 5.76 Å². The molecule has 2 fully saturated rings. The first-order valence-corrected chi connectivity index (χ1v) is 12.3. The molecular formula is C22H30N4O4S. The third-order valence-corrected chi connectivity index (χ3v) is 7.76. The Balaban J connectivity index is 1.41. The Morgan fingerprint density at radius 2 is 1.68 bits per heavy atom. The summed E-state index contributed by atoms with van der Waals surface area (Å²) in [4.78, 5) is 17.3. The molecule has 2 aliphatic heterocycles. The lowest BCUT2D eigenvalue weighted by molar-refractivity contribution is 0.0917. The number of sulfonamides is 1. The van der Waals surface area contributed by atoms with Crippen molar-refractivity contribution in [2.24, 2.45) is 0 Å². The molecule has 8 nitrogen and oxygen atoms in total. The lowest BCUT2D eigenvalue weighted by Gasteiger charge is -2.35. The second-order valence-corrected chi connectivity index (χ2v) is 10.1. The minimum atomic E-state index is -3.69. The van der Waals surface area contributed by atoms with Crippen molar-refractivity contribution in [2.75, 3.05) is 51.2 Å². The van der Waals surface area contributed by atoms with Gasteiger partial charge < -0.3 is 19.5 Å². The average Bonchev–Trinajstić information content (AvgIpc) is 3.30. The molecule has 1 aromatic heterocycles. The summed E-state index contributed by atoms with van der Waals surface area (Å²) in [5, 5.41) is 2.70. The number of nitrogens with zero attached hydrogens (tertiary/aromatic N) is 3. The second-order valence-electron chi connectivity index (χ2n) is 8.19. The van der Waals surface area contributed by atoms with Gasteiger partial charge in [0.2, 0.25) is 5.09 Å². The summed E-state index contributed by atoms with van der Waals surface area (Å²) in [5.41, 5.74) is 2.14. The van der Waals surface area contributed by atoms with Crippen molar-refractivity contribution in [3.05, 3.63) is 47.7 Å². The smallest absolute Gasteiger partial charge is 0.287 e. The molecule has 0 unspecified atom stereocenters. The molecule has 0 bridgehead atoms. The van der Waals surface area contributed by atoms with E-state index in [0.29, 0.717) is 19.6 Å². The van der Waals surface area contributed by atoms with E-state index in [1.54, 1.807) is 0 Å². The van der Waals surface area contributed by atoms with Crippen molar-refractivity contribution < 1.29 is 17.6 Å². The summed E-state index contributed by atoms with van der Waals surface area (Å²) < 4.78 is 32.4. The number of carbonyl (C=O) groups is 1. The van der Waals surface area contributed by atoms with Gasteiger partial charge in [-0.3, -0.25) is 4.79 Å². The van der Waals surface area contributed by atoms with Gasteiger partial charge in [-0.15, -0.1) is 0 Å². The number of hydrogen-bond donors (Lipinski definition) is 1. The lowest BCUT2D eigenvalue weighted by atomic mass is 10.1. The number of nitrogens with one attached hydrogen (secondary N) is 1. The molecule has 2 aliphatic rings. The largest absolute Gasteiger partial charge is 0.438 e. The van der Waals surface area contributed by atoms with E-state index in [2.05, 4.69) is 28.2 Å². The molecule has 0 atom stereocenters. The number of carbonyl (C=O) groups excluding carboxylic acids is 1. The number of piperazine rings is 1. The van der Waals surface area contributed by atoms with E-state index in [1.807, 2.05) is 18.2 Å². The van der Waals surface area contributed by atoms with Crippen LogP contribution in [-0.2, 0) is 16.6 Å². The molecule has 0 saturated carbocycles. The third kappa shape index (κ3) is 4.94. The maximum absolute atomic E-state index is 12.7. The van der Waals surface area contributed by atoms with E-state index in [0.717, 1.165) is 56.7 Å². The molecule has 31 heavy (non-hydrogen) atoms. The molecular weight excluding hydrogens is 416 g/mol. The molecule has 0 radical (unpaired) electrons. The Morgan fingerprint density at radius 3 is 2.42 bits per heavy atom. The average molecular weight is 447 g/mol. The summed E-state index contributed by atoms with van der Waals surface area (Å²) in [5.74, 6) is -0.416.